The SMILES string of the molecule is COCCNCc1ccc(OC)cc1N. The first kappa shape index (κ1) is 11.8. The Kier molecular flexibility index (Phi) is 4.93. The first-order valence-corrected chi connectivity index (χ1v) is 4.90. The molecule has 0 amide bonds. The van der Waals surface area contributed by atoms with Gasteiger partial charge in [-0.3, -0.25) is 0 Å². The Labute approximate surface area is 90.4 Å². The van der Waals surface area contributed by atoms with Gasteiger partial charge in [-0.2, -0.15) is 0 Å². The first-order valence-electron chi connectivity index (χ1n) is 4.90. The Morgan fingerprint density at radius 3 is 2.73 bits per heavy atom. The van der Waals surface area contributed by atoms with E-state index in [1.54, 1.807) is 14.2 Å². The van der Waals surface area contributed by atoms with Crippen molar-refractivity contribution in [3.63, 3.8) is 0 Å². The van der Waals surface area contributed by atoms with E-state index in [9.17, 15) is 0 Å². The zero-order valence-electron chi connectivity index (χ0n) is 9.25. The molecule has 1 aromatic carbocycles. The zero-order chi connectivity index (χ0) is 11.1. The summed E-state index contributed by atoms with van der Waals surface area (Å²) in [6.45, 7) is 2.28. The van der Waals surface area contributed by atoms with Gasteiger partial charge in [0.25, 0.3) is 0 Å². The summed E-state index contributed by atoms with van der Waals surface area (Å²) in [6, 6.07) is 5.70. The van der Waals surface area contributed by atoms with Gasteiger partial charge in [0.1, 0.15) is 5.75 Å². The molecule has 0 unspecified atom stereocenters. The molecule has 0 bridgehead atoms. The molecule has 1 rings (SSSR count). The minimum Gasteiger partial charge on any atom is -0.497 e. The molecule has 0 aliphatic heterocycles. The fourth-order valence-corrected chi connectivity index (χ4v) is 1.26. The largest absolute Gasteiger partial charge is 0.497 e. The Morgan fingerprint density at radius 1 is 1.33 bits per heavy atom. The number of nitrogens with two attached hydrogens (primary N) is 1. The smallest absolute Gasteiger partial charge is 0.120 e. The summed E-state index contributed by atoms with van der Waals surface area (Å²) in [6.07, 6.45) is 0. The van der Waals surface area contributed by atoms with Gasteiger partial charge in [0.2, 0.25) is 0 Å². The topological polar surface area (TPSA) is 56.5 Å². The Balaban J connectivity index is 2.47. The van der Waals surface area contributed by atoms with Crippen molar-refractivity contribution in [2.75, 3.05) is 33.1 Å². The van der Waals surface area contributed by atoms with Gasteiger partial charge in [-0.15, -0.1) is 0 Å². The third kappa shape index (κ3) is 3.77. The fourth-order valence-electron chi connectivity index (χ4n) is 1.26. The average molecular weight is 210 g/mol. The van der Waals surface area contributed by atoms with Crippen LogP contribution in [0.25, 0.3) is 0 Å². The van der Waals surface area contributed by atoms with Crippen LogP contribution < -0.4 is 15.8 Å². The van der Waals surface area contributed by atoms with Crippen LogP contribution in [-0.2, 0) is 11.3 Å². The first-order chi connectivity index (χ1) is 7.27. The second-order valence-corrected chi connectivity index (χ2v) is 3.23. The molecule has 0 aliphatic carbocycles. The summed E-state index contributed by atoms with van der Waals surface area (Å²) in [5.41, 5.74) is 7.69. The van der Waals surface area contributed by atoms with Crippen molar-refractivity contribution in [2.24, 2.45) is 0 Å². The minimum atomic E-state index is 0.704. The maximum Gasteiger partial charge on any atom is 0.120 e. The van der Waals surface area contributed by atoms with Gasteiger partial charge in [0.05, 0.1) is 13.7 Å². The maximum absolute atomic E-state index is 5.86. The highest BCUT2D eigenvalue weighted by atomic mass is 16.5. The molecular weight excluding hydrogens is 192 g/mol. The molecule has 0 heterocycles. The number of methoxy groups -OCH3 is 2. The van der Waals surface area contributed by atoms with Gasteiger partial charge in [-0.1, -0.05) is 6.07 Å². The summed E-state index contributed by atoms with van der Waals surface area (Å²) < 4.78 is 10.0. The van der Waals surface area contributed by atoms with Crippen LogP contribution >= 0.6 is 0 Å². The van der Waals surface area contributed by atoms with Crippen LogP contribution in [0.3, 0.4) is 0 Å². The van der Waals surface area contributed by atoms with Gasteiger partial charge in [0, 0.05) is 32.0 Å². The molecule has 0 saturated carbocycles. The lowest BCUT2D eigenvalue weighted by molar-refractivity contribution is 0.199. The van der Waals surface area contributed by atoms with E-state index in [2.05, 4.69) is 5.32 Å². The number of rotatable bonds is 6. The molecule has 1 aromatic rings. The molecule has 4 heteroatoms. The second-order valence-electron chi connectivity index (χ2n) is 3.23. The monoisotopic (exact) mass is 210 g/mol. The third-order valence-corrected chi connectivity index (χ3v) is 2.15. The van der Waals surface area contributed by atoms with E-state index in [1.165, 1.54) is 0 Å². The van der Waals surface area contributed by atoms with Gasteiger partial charge in [-0.05, 0) is 11.6 Å². The molecule has 15 heavy (non-hydrogen) atoms. The third-order valence-electron chi connectivity index (χ3n) is 2.15. The maximum atomic E-state index is 5.86. The Morgan fingerprint density at radius 2 is 2.13 bits per heavy atom. The van der Waals surface area contributed by atoms with E-state index in [0.29, 0.717) is 6.61 Å². The molecule has 0 spiro atoms. The number of nitrogen functional groups attached to an aromatic ring is 1. The van der Waals surface area contributed by atoms with Gasteiger partial charge >= 0.3 is 0 Å². The second kappa shape index (κ2) is 6.27. The predicted octanol–water partition coefficient (Wildman–Crippen LogP) is 1.01. The highest BCUT2D eigenvalue weighted by Gasteiger charge is 2.00. The molecule has 0 atom stereocenters. The number of anilines is 1. The van der Waals surface area contributed by atoms with Crippen LogP contribution in [-0.4, -0.2) is 27.4 Å². The standard InChI is InChI=1S/C11H18N2O2/c1-14-6-5-13-8-9-3-4-10(15-2)7-11(9)12/h3-4,7,13H,5-6,8,12H2,1-2H3. The lowest BCUT2D eigenvalue weighted by Gasteiger charge is -2.08. The molecule has 0 aromatic heterocycles. The van der Waals surface area contributed by atoms with Crippen LogP contribution in [0.1, 0.15) is 5.56 Å². The number of nitrogens with one attached hydrogen (secondary N) is 1. The van der Waals surface area contributed by atoms with E-state index < -0.39 is 0 Å². The van der Waals surface area contributed by atoms with Crippen LogP contribution in [0.5, 0.6) is 5.75 Å². The summed E-state index contributed by atoms with van der Waals surface area (Å²) in [7, 11) is 3.31. The molecule has 0 radical (unpaired) electrons. The van der Waals surface area contributed by atoms with Crippen molar-refractivity contribution in [2.45, 2.75) is 6.54 Å². The van der Waals surface area contributed by atoms with Crippen LogP contribution in [0.2, 0.25) is 0 Å². The fraction of sp³-hybridized carbons (Fsp3) is 0.455. The van der Waals surface area contributed by atoms with E-state index in [0.717, 1.165) is 30.1 Å². The van der Waals surface area contributed by atoms with Gasteiger partial charge < -0.3 is 20.5 Å². The molecule has 3 N–H and O–H groups in total. The summed E-state index contributed by atoms with van der Waals surface area (Å²) in [5, 5.41) is 3.24. The van der Waals surface area contributed by atoms with Crippen molar-refractivity contribution < 1.29 is 9.47 Å². The van der Waals surface area contributed by atoms with E-state index in [4.69, 9.17) is 15.2 Å². The van der Waals surface area contributed by atoms with Gasteiger partial charge in [0.15, 0.2) is 0 Å². The molecule has 0 aliphatic rings. The molecule has 4 nitrogen and oxygen atoms in total. The van der Waals surface area contributed by atoms with Crippen LogP contribution in [0.15, 0.2) is 18.2 Å². The normalized spacial score (nSPS) is 10.3. The summed E-state index contributed by atoms with van der Waals surface area (Å²) >= 11 is 0. The molecule has 0 saturated heterocycles. The summed E-state index contributed by atoms with van der Waals surface area (Å²) in [4.78, 5) is 0. The molecule has 84 valence electrons. The average Bonchev–Trinajstić information content (AvgIpc) is 2.26. The number of ether oxygens (including phenoxy) is 2. The van der Waals surface area contributed by atoms with E-state index >= 15 is 0 Å². The molecule has 0 fully saturated rings. The zero-order valence-corrected chi connectivity index (χ0v) is 9.25. The van der Waals surface area contributed by atoms with Crippen molar-refractivity contribution in [3.8, 4) is 5.75 Å². The van der Waals surface area contributed by atoms with Crippen LogP contribution in [0, 0.1) is 0 Å². The van der Waals surface area contributed by atoms with Crippen LogP contribution in [0.4, 0.5) is 5.69 Å². The van der Waals surface area contributed by atoms with Crippen molar-refractivity contribution in [3.05, 3.63) is 23.8 Å². The van der Waals surface area contributed by atoms with Crippen molar-refractivity contribution in [1.29, 1.82) is 0 Å². The van der Waals surface area contributed by atoms with Crippen molar-refractivity contribution >= 4 is 5.69 Å². The quantitative estimate of drug-likeness (QED) is 0.543. The molecular formula is C11H18N2O2. The Hall–Kier alpha value is -1.26. The lowest BCUT2D eigenvalue weighted by Crippen LogP contribution is -2.19. The predicted molar refractivity (Wildman–Crippen MR) is 61.0 cm³/mol. The highest BCUT2D eigenvalue weighted by Crippen LogP contribution is 2.19. The Bertz CT molecular complexity index is 303. The van der Waals surface area contributed by atoms with E-state index in [1.807, 2.05) is 18.2 Å². The summed E-state index contributed by atoms with van der Waals surface area (Å²) in [5.74, 6) is 0.785. The van der Waals surface area contributed by atoms with E-state index in [-0.39, 0.29) is 0 Å². The number of hydrogen-bond donors (Lipinski definition) is 2. The van der Waals surface area contributed by atoms with Crippen molar-refractivity contribution in [1.82, 2.24) is 5.32 Å². The number of hydrogen-bond acceptors (Lipinski definition) is 4. The highest BCUT2D eigenvalue weighted by molar-refractivity contribution is 5.51. The number of benzene rings is 1. The van der Waals surface area contributed by atoms with Gasteiger partial charge in [-0.25, -0.2) is 0 Å². The minimum absolute atomic E-state index is 0.704. The lowest BCUT2D eigenvalue weighted by atomic mass is 10.1.